The third-order valence-corrected chi connectivity index (χ3v) is 5.36. The molecule has 3 aromatic rings. The standard InChI is InChI=1S/C25H27N3O4/c1-6-7-9-14-23(30)32-16-22(29)21-15-17(2)27(18(21)3)24-19(4)26(5)28(25(24)31)20-12-10-8-11-13-20/h6-15H,16H2,1-5H3/b7-6+,14-9+. The molecule has 0 saturated carbocycles. The number of ketones is 1. The lowest BCUT2D eigenvalue weighted by atomic mass is 10.1. The molecule has 7 heteroatoms. The van der Waals surface area contributed by atoms with Gasteiger partial charge in [0.15, 0.2) is 6.61 Å². The van der Waals surface area contributed by atoms with Crippen LogP contribution in [-0.2, 0) is 16.6 Å². The number of ether oxygens (including phenoxy) is 1. The summed E-state index contributed by atoms with van der Waals surface area (Å²) >= 11 is 0. The van der Waals surface area contributed by atoms with Crippen molar-refractivity contribution in [2.75, 3.05) is 6.61 Å². The molecule has 7 nitrogen and oxygen atoms in total. The van der Waals surface area contributed by atoms with E-state index in [2.05, 4.69) is 0 Å². The highest BCUT2D eigenvalue weighted by atomic mass is 16.5. The molecule has 32 heavy (non-hydrogen) atoms. The van der Waals surface area contributed by atoms with Crippen molar-refractivity contribution >= 4 is 11.8 Å². The minimum Gasteiger partial charge on any atom is -0.454 e. The van der Waals surface area contributed by atoms with Crippen molar-refractivity contribution in [2.24, 2.45) is 7.05 Å². The summed E-state index contributed by atoms with van der Waals surface area (Å²) in [7, 11) is 1.83. The Morgan fingerprint density at radius 3 is 2.38 bits per heavy atom. The molecular weight excluding hydrogens is 406 g/mol. The van der Waals surface area contributed by atoms with Crippen LogP contribution in [0.25, 0.3) is 11.4 Å². The number of carbonyl (C=O) groups is 2. The summed E-state index contributed by atoms with van der Waals surface area (Å²) in [5.74, 6) is -0.913. The van der Waals surface area contributed by atoms with Crippen LogP contribution in [0.2, 0.25) is 0 Å². The number of esters is 1. The van der Waals surface area contributed by atoms with Crippen LogP contribution in [0, 0.1) is 20.8 Å². The number of benzene rings is 1. The van der Waals surface area contributed by atoms with E-state index in [0.29, 0.717) is 16.9 Å². The molecule has 0 unspecified atom stereocenters. The van der Waals surface area contributed by atoms with Gasteiger partial charge in [-0.15, -0.1) is 0 Å². The van der Waals surface area contributed by atoms with Gasteiger partial charge >= 0.3 is 5.97 Å². The lowest BCUT2D eigenvalue weighted by Gasteiger charge is -2.08. The van der Waals surface area contributed by atoms with Crippen molar-refractivity contribution < 1.29 is 14.3 Å². The van der Waals surface area contributed by atoms with Crippen LogP contribution in [0.3, 0.4) is 0 Å². The SMILES string of the molecule is C/C=C/C=C/C(=O)OCC(=O)c1cc(C)n(-c2c(C)n(C)n(-c3ccccc3)c2=O)c1C. The first-order valence-electron chi connectivity index (χ1n) is 10.3. The number of rotatable bonds is 7. The number of carbonyl (C=O) groups excluding carboxylic acids is 2. The normalized spacial score (nSPS) is 11.5. The molecular formula is C25H27N3O4. The van der Waals surface area contributed by atoms with Gasteiger partial charge in [0.05, 0.1) is 11.4 Å². The maximum absolute atomic E-state index is 13.4. The molecule has 0 fully saturated rings. The molecule has 0 spiro atoms. The Balaban J connectivity index is 1.96. The number of para-hydroxylation sites is 1. The van der Waals surface area contributed by atoms with Gasteiger partial charge in [0, 0.05) is 30.1 Å². The Kier molecular flexibility index (Phi) is 6.78. The summed E-state index contributed by atoms with van der Waals surface area (Å²) in [6.45, 7) is 6.96. The summed E-state index contributed by atoms with van der Waals surface area (Å²) in [4.78, 5) is 37.9. The van der Waals surface area contributed by atoms with E-state index in [-0.39, 0.29) is 17.9 Å². The second-order valence-electron chi connectivity index (χ2n) is 7.45. The first-order chi connectivity index (χ1) is 15.3. The summed E-state index contributed by atoms with van der Waals surface area (Å²) in [6, 6.07) is 11.1. The average molecular weight is 434 g/mol. The van der Waals surface area contributed by atoms with Gasteiger partial charge in [-0.3, -0.25) is 14.3 Å². The number of aromatic nitrogens is 3. The first-order valence-corrected chi connectivity index (χ1v) is 10.3. The topological polar surface area (TPSA) is 75.2 Å². The van der Waals surface area contributed by atoms with E-state index in [1.165, 1.54) is 6.08 Å². The van der Waals surface area contributed by atoms with Crippen LogP contribution in [0.15, 0.2) is 65.5 Å². The molecule has 0 N–H and O–H groups in total. The van der Waals surface area contributed by atoms with E-state index in [1.807, 2.05) is 58.2 Å². The lowest BCUT2D eigenvalue weighted by molar-refractivity contribution is -0.136. The molecule has 166 valence electrons. The maximum atomic E-state index is 13.4. The highest BCUT2D eigenvalue weighted by Gasteiger charge is 2.24. The van der Waals surface area contributed by atoms with E-state index in [1.54, 1.807) is 45.1 Å². The third kappa shape index (κ3) is 4.27. The van der Waals surface area contributed by atoms with Gasteiger partial charge in [0.2, 0.25) is 5.78 Å². The molecule has 3 rings (SSSR count). The zero-order valence-corrected chi connectivity index (χ0v) is 19.0. The average Bonchev–Trinajstić information content (AvgIpc) is 3.18. The number of nitrogens with zero attached hydrogens (tertiary/aromatic N) is 3. The second kappa shape index (κ2) is 9.51. The lowest BCUT2D eigenvalue weighted by Crippen LogP contribution is -2.22. The number of hydrogen-bond acceptors (Lipinski definition) is 4. The Hall–Kier alpha value is -3.87. The van der Waals surface area contributed by atoms with Crippen LogP contribution in [0.4, 0.5) is 0 Å². The van der Waals surface area contributed by atoms with Gasteiger partial charge in [-0.05, 0) is 45.9 Å². The summed E-state index contributed by atoms with van der Waals surface area (Å²) in [5, 5.41) is 0. The number of hydrogen-bond donors (Lipinski definition) is 0. The zero-order chi connectivity index (χ0) is 23.4. The minimum atomic E-state index is -0.588. The van der Waals surface area contributed by atoms with E-state index in [9.17, 15) is 14.4 Å². The van der Waals surface area contributed by atoms with Crippen LogP contribution >= 0.6 is 0 Å². The van der Waals surface area contributed by atoms with Crippen LogP contribution < -0.4 is 5.56 Å². The Bertz CT molecular complexity index is 1270. The van der Waals surface area contributed by atoms with E-state index in [4.69, 9.17) is 4.74 Å². The quantitative estimate of drug-likeness (QED) is 0.246. The van der Waals surface area contributed by atoms with E-state index >= 15 is 0 Å². The van der Waals surface area contributed by atoms with Crippen molar-refractivity contribution in [3.63, 3.8) is 0 Å². The predicted molar refractivity (Wildman–Crippen MR) is 124 cm³/mol. The molecule has 0 saturated heterocycles. The number of allylic oxidation sites excluding steroid dienone is 3. The molecule has 0 aliphatic rings. The molecule has 0 aliphatic heterocycles. The van der Waals surface area contributed by atoms with E-state index in [0.717, 1.165) is 17.1 Å². The molecule has 0 bridgehead atoms. The summed E-state index contributed by atoms with van der Waals surface area (Å²) in [6.07, 6.45) is 6.28. The van der Waals surface area contributed by atoms with Gasteiger partial charge in [0.25, 0.3) is 5.56 Å². The molecule has 2 heterocycles. The summed E-state index contributed by atoms with van der Waals surface area (Å²) in [5.41, 5.74) is 3.61. The minimum absolute atomic E-state index is 0.183. The third-order valence-electron chi connectivity index (χ3n) is 5.36. The highest BCUT2D eigenvalue weighted by Crippen LogP contribution is 2.23. The van der Waals surface area contributed by atoms with Crippen LogP contribution in [0.5, 0.6) is 0 Å². The monoisotopic (exact) mass is 433 g/mol. The van der Waals surface area contributed by atoms with Crippen LogP contribution in [0.1, 0.15) is 34.4 Å². The largest absolute Gasteiger partial charge is 0.454 e. The van der Waals surface area contributed by atoms with Gasteiger partial charge in [0.1, 0.15) is 5.69 Å². The Morgan fingerprint density at radius 1 is 1.03 bits per heavy atom. The molecule has 0 amide bonds. The van der Waals surface area contributed by atoms with Crippen molar-refractivity contribution in [3.8, 4) is 11.4 Å². The second-order valence-corrected chi connectivity index (χ2v) is 7.45. The zero-order valence-electron chi connectivity index (χ0n) is 19.0. The van der Waals surface area contributed by atoms with Gasteiger partial charge in [-0.25, -0.2) is 9.48 Å². The summed E-state index contributed by atoms with van der Waals surface area (Å²) < 4.78 is 10.2. The highest BCUT2D eigenvalue weighted by molar-refractivity contribution is 6.00. The van der Waals surface area contributed by atoms with E-state index < -0.39 is 5.97 Å². The molecule has 0 aliphatic carbocycles. The molecule has 2 aromatic heterocycles. The maximum Gasteiger partial charge on any atom is 0.331 e. The van der Waals surface area contributed by atoms with Gasteiger partial charge < -0.3 is 9.30 Å². The van der Waals surface area contributed by atoms with Crippen molar-refractivity contribution in [2.45, 2.75) is 27.7 Å². The number of aryl methyl sites for hydroxylation is 1. The predicted octanol–water partition coefficient (Wildman–Crippen LogP) is 3.75. The fraction of sp³-hybridized carbons (Fsp3) is 0.240. The smallest absolute Gasteiger partial charge is 0.331 e. The number of Topliss-reactive ketones (excluding diaryl/α,β-unsaturated/α-hetero) is 1. The van der Waals surface area contributed by atoms with Gasteiger partial charge in [-0.1, -0.05) is 36.4 Å². The van der Waals surface area contributed by atoms with Gasteiger partial charge in [-0.2, -0.15) is 0 Å². The van der Waals surface area contributed by atoms with Crippen molar-refractivity contribution in [1.29, 1.82) is 0 Å². The van der Waals surface area contributed by atoms with Crippen LogP contribution in [-0.4, -0.2) is 32.3 Å². The molecule has 0 atom stereocenters. The fourth-order valence-electron chi connectivity index (χ4n) is 3.71. The molecule has 0 radical (unpaired) electrons. The fourth-order valence-corrected chi connectivity index (χ4v) is 3.71. The first kappa shape index (κ1) is 22.8. The van der Waals surface area contributed by atoms with Crippen molar-refractivity contribution in [3.05, 3.63) is 93.7 Å². The Labute approximate surface area is 186 Å². The molecule has 1 aromatic carbocycles. The Morgan fingerprint density at radius 2 is 1.72 bits per heavy atom. The van der Waals surface area contributed by atoms with Crippen molar-refractivity contribution in [1.82, 2.24) is 13.9 Å².